The Hall–Kier alpha value is -1.20. The van der Waals surface area contributed by atoms with Crippen LogP contribution in [0.3, 0.4) is 0 Å². The van der Waals surface area contributed by atoms with Crippen molar-refractivity contribution in [3.05, 3.63) is 24.0 Å². The molecule has 1 aromatic heterocycles. The van der Waals surface area contributed by atoms with E-state index >= 15 is 0 Å². The van der Waals surface area contributed by atoms with Crippen LogP contribution in [0.1, 0.15) is 38.3 Å². The first-order valence-corrected chi connectivity index (χ1v) is 8.25. The highest BCUT2D eigenvalue weighted by Gasteiger charge is 2.38. The molecule has 1 aromatic rings. The van der Waals surface area contributed by atoms with E-state index in [-0.39, 0.29) is 0 Å². The van der Waals surface area contributed by atoms with Crippen LogP contribution in [0.2, 0.25) is 0 Å². The first-order valence-electron chi connectivity index (χ1n) is 8.25. The largest absolute Gasteiger partial charge is 0.387 e. The number of aromatic nitrogens is 1. The Balaban J connectivity index is 1.64. The molecule has 0 aliphatic carbocycles. The van der Waals surface area contributed by atoms with Gasteiger partial charge in [0.05, 0.1) is 17.5 Å². The number of rotatable bonds is 4. The van der Waals surface area contributed by atoms with Crippen molar-refractivity contribution in [1.82, 2.24) is 9.88 Å². The molecule has 0 radical (unpaired) electrons. The number of hydrogen-bond acceptors (Lipinski definition) is 4. The van der Waals surface area contributed by atoms with Crippen molar-refractivity contribution in [3.63, 3.8) is 0 Å². The van der Waals surface area contributed by atoms with Gasteiger partial charge in [-0.25, -0.2) is 4.39 Å². The predicted octanol–water partition coefficient (Wildman–Crippen LogP) is 2.19. The summed E-state index contributed by atoms with van der Waals surface area (Å²) >= 11 is 0. The second-order valence-electron chi connectivity index (χ2n) is 7.14. The van der Waals surface area contributed by atoms with Gasteiger partial charge in [-0.05, 0) is 30.9 Å². The Bertz CT molecular complexity index is 501. The van der Waals surface area contributed by atoms with Gasteiger partial charge in [-0.15, -0.1) is 0 Å². The molecule has 5 heteroatoms. The number of likely N-dealkylation sites (tertiary alicyclic amines) is 1. The van der Waals surface area contributed by atoms with Crippen molar-refractivity contribution >= 4 is 5.69 Å². The van der Waals surface area contributed by atoms with Crippen molar-refractivity contribution in [2.24, 2.45) is 0 Å². The van der Waals surface area contributed by atoms with E-state index in [9.17, 15) is 9.50 Å². The molecule has 1 N–H and O–H groups in total. The van der Waals surface area contributed by atoms with E-state index in [0.29, 0.717) is 32.1 Å². The number of piperidine rings is 1. The topological polar surface area (TPSA) is 39.6 Å². The predicted molar refractivity (Wildman–Crippen MR) is 86.1 cm³/mol. The number of anilines is 1. The maximum absolute atomic E-state index is 12.9. The van der Waals surface area contributed by atoms with Gasteiger partial charge in [-0.3, -0.25) is 9.88 Å². The van der Waals surface area contributed by atoms with E-state index in [0.717, 1.165) is 30.8 Å². The van der Waals surface area contributed by atoms with Crippen molar-refractivity contribution in [1.29, 1.82) is 0 Å². The first kappa shape index (κ1) is 15.7. The van der Waals surface area contributed by atoms with Gasteiger partial charge in [-0.1, -0.05) is 13.8 Å². The molecule has 4 nitrogen and oxygen atoms in total. The van der Waals surface area contributed by atoms with Gasteiger partial charge in [0.25, 0.3) is 0 Å². The maximum Gasteiger partial charge on any atom is 0.125 e. The number of alkyl halides is 1. The number of hydrogen-bond donors (Lipinski definition) is 1. The van der Waals surface area contributed by atoms with Crippen LogP contribution in [-0.2, 0) is 0 Å². The molecule has 0 amide bonds. The Labute approximate surface area is 131 Å². The summed E-state index contributed by atoms with van der Waals surface area (Å²) in [4.78, 5) is 8.73. The number of pyridine rings is 1. The van der Waals surface area contributed by atoms with Crippen molar-refractivity contribution in [2.45, 2.75) is 44.4 Å². The molecule has 2 fully saturated rings. The maximum atomic E-state index is 12.9. The summed E-state index contributed by atoms with van der Waals surface area (Å²) in [6.07, 6.45) is 2.93. The standard InChI is InChI=1S/C17H26FN3O/c1-13(2)16-5-4-15(8-19-16)21-7-3-6-17(22,12-21)11-20-9-14(18)10-20/h4-5,8,13-14,22H,3,6-7,9-12H2,1-2H3/t17-/m0/s1. The van der Waals surface area contributed by atoms with Crippen LogP contribution in [0.15, 0.2) is 18.3 Å². The lowest BCUT2D eigenvalue weighted by Crippen LogP contribution is -2.59. The SMILES string of the molecule is CC(C)c1ccc(N2CCC[C@](O)(CN3CC(F)C3)C2)cn1. The number of aliphatic hydroxyl groups is 1. The molecule has 122 valence electrons. The number of nitrogens with zero attached hydrogens (tertiary/aromatic N) is 3. The van der Waals surface area contributed by atoms with Gasteiger partial charge in [0.15, 0.2) is 0 Å². The van der Waals surface area contributed by atoms with E-state index in [1.807, 2.05) is 11.1 Å². The zero-order valence-corrected chi connectivity index (χ0v) is 13.5. The minimum atomic E-state index is -0.741. The summed E-state index contributed by atoms with van der Waals surface area (Å²) in [7, 11) is 0. The Morgan fingerprint density at radius 3 is 2.77 bits per heavy atom. The second kappa shape index (κ2) is 6.13. The van der Waals surface area contributed by atoms with E-state index in [2.05, 4.69) is 35.9 Å². The molecule has 0 saturated carbocycles. The monoisotopic (exact) mass is 307 g/mol. The third kappa shape index (κ3) is 3.41. The summed E-state index contributed by atoms with van der Waals surface area (Å²) in [5.41, 5.74) is 1.41. The third-order valence-electron chi connectivity index (χ3n) is 4.71. The summed E-state index contributed by atoms with van der Waals surface area (Å²) in [6.45, 7) is 7.31. The van der Waals surface area contributed by atoms with Crippen LogP contribution in [0.25, 0.3) is 0 Å². The first-order chi connectivity index (χ1) is 10.5. The fourth-order valence-corrected chi connectivity index (χ4v) is 3.44. The van der Waals surface area contributed by atoms with E-state index in [1.165, 1.54) is 0 Å². The van der Waals surface area contributed by atoms with E-state index in [4.69, 9.17) is 0 Å². The van der Waals surface area contributed by atoms with Crippen LogP contribution < -0.4 is 4.90 Å². The van der Waals surface area contributed by atoms with Crippen LogP contribution in [0.5, 0.6) is 0 Å². The highest BCUT2D eigenvalue weighted by molar-refractivity contribution is 5.46. The van der Waals surface area contributed by atoms with Crippen LogP contribution in [0.4, 0.5) is 10.1 Å². The lowest BCUT2D eigenvalue weighted by molar-refractivity contribution is -0.0445. The highest BCUT2D eigenvalue weighted by atomic mass is 19.1. The summed E-state index contributed by atoms with van der Waals surface area (Å²) in [6, 6.07) is 4.16. The van der Waals surface area contributed by atoms with Crippen LogP contribution in [0, 0.1) is 0 Å². The molecule has 2 saturated heterocycles. The molecule has 0 bridgehead atoms. The smallest absolute Gasteiger partial charge is 0.125 e. The zero-order chi connectivity index (χ0) is 15.7. The molecule has 0 aromatic carbocycles. The third-order valence-corrected chi connectivity index (χ3v) is 4.71. The van der Waals surface area contributed by atoms with E-state index in [1.54, 1.807) is 0 Å². The van der Waals surface area contributed by atoms with Crippen molar-refractivity contribution in [3.8, 4) is 0 Å². The van der Waals surface area contributed by atoms with Gasteiger partial charge in [-0.2, -0.15) is 0 Å². The lowest BCUT2D eigenvalue weighted by atomic mass is 9.90. The number of β-amino-alcohol motifs (C(OH)–C–C–N with tert-alkyl or cyclic N) is 1. The van der Waals surface area contributed by atoms with Crippen LogP contribution >= 0.6 is 0 Å². The molecular formula is C17H26FN3O. The van der Waals surface area contributed by atoms with Crippen molar-refractivity contribution in [2.75, 3.05) is 37.6 Å². The fraction of sp³-hybridized carbons (Fsp3) is 0.706. The number of halogens is 1. The van der Waals surface area contributed by atoms with Gasteiger partial charge in [0.1, 0.15) is 6.17 Å². The average Bonchev–Trinajstić information content (AvgIpc) is 2.45. The van der Waals surface area contributed by atoms with Gasteiger partial charge < -0.3 is 10.0 Å². The Morgan fingerprint density at radius 1 is 1.41 bits per heavy atom. The van der Waals surface area contributed by atoms with Gasteiger partial charge in [0, 0.05) is 38.4 Å². The van der Waals surface area contributed by atoms with Crippen molar-refractivity contribution < 1.29 is 9.50 Å². The Morgan fingerprint density at radius 2 is 2.18 bits per heavy atom. The quantitative estimate of drug-likeness (QED) is 0.925. The molecule has 0 spiro atoms. The van der Waals surface area contributed by atoms with E-state index < -0.39 is 11.8 Å². The summed E-state index contributed by atoms with van der Waals surface area (Å²) in [5.74, 6) is 0.424. The summed E-state index contributed by atoms with van der Waals surface area (Å²) in [5, 5.41) is 10.8. The minimum Gasteiger partial charge on any atom is -0.387 e. The fourth-order valence-electron chi connectivity index (χ4n) is 3.44. The molecule has 3 heterocycles. The lowest BCUT2D eigenvalue weighted by Gasteiger charge is -2.45. The normalized spacial score (nSPS) is 27.2. The summed E-state index contributed by atoms with van der Waals surface area (Å²) < 4.78 is 12.9. The minimum absolute atomic E-state index is 0.424. The molecule has 3 rings (SSSR count). The molecule has 2 aliphatic rings. The molecular weight excluding hydrogens is 281 g/mol. The average molecular weight is 307 g/mol. The molecule has 0 unspecified atom stereocenters. The second-order valence-corrected chi connectivity index (χ2v) is 7.14. The highest BCUT2D eigenvalue weighted by Crippen LogP contribution is 2.28. The van der Waals surface area contributed by atoms with Crippen LogP contribution in [-0.4, -0.2) is 59.5 Å². The zero-order valence-electron chi connectivity index (χ0n) is 13.5. The Kier molecular flexibility index (Phi) is 4.37. The van der Waals surface area contributed by atoms with Gasteiger partial charge >= 0.3 is 0 Å². The molecule has 22 heavy (non-hydrogen) atoms. The molecule has 1 atom stereocenters. The molecule has 2 aliphatic heterocycles. The van der Waals surface area contributed by atoms with Gasteiger partial charge in [0.2, 0.25) is 0 Å².